The molecule has 110 valence electrons. The third kappa shape index (κ3) is 1.42. The highest BCUT2D eigenvalue weighted by molar-refractivity contribution is 5.98. The molecule has 6 nitrogen and oxygen atoms in total. The highest BCUT2D eigenvalue weighted by Gasteiger charge is 2.43. The van der Waals surface area contributed by atoms with Gasteiger partial charge in [-0.3, -0.25) is 9.80 Å². The summed E-state index contributed by atoms with van der Waals surface area (Å²) in [7, 11) is 0. The molecular formula is C16H15N5O. The summed E-state index contributed by atoms with van der Waals surface area (Å²) in [5, 5.41) is 1.88. The van der Waals surface area contributed by atoms with Crippen LogP contribution in [0.4, 0.5) is 0 Å². The van der Waals surface area contributed by atoms with Gasteiger partial charge in [-0.2, -0.15) is 0 Å². The number of benzene rings is 1. The zero-order chi connectivity index (χ0) is 14.7. The molecule has 1 saturated heterocycles. The highest BCUT2D eigenvalue weighted by atomic mass is 16.1. The van der Waals surface area contributed by atoms with Crippen LogP contribution in [0.15, 0.2) is 48.7 Å². The Hall–Kier alpha value is -2.60. The van der Waals surface area contributed by atoms with E-state index in [1.807, 2.05) is 29.7 Å². The van der Waals surface area contributed by atoms with Gasteiger partial charge in [0.2, 0.25) is 0 Å². The maximum absolute atomic E-state index is 12.9. The molecule has 2 N–H and O–H groups in total. The molecule has 3 aliphatic heterocycles. The summed E-state index contributed by atoms with van der Waals surface area (Å²) in [4.78, 5) is 17.2. The number of nitrogens with zero attached hydrogens (tertiary/aromatic N) is 3. The first-order chi connectivity index (χ1) is 10.8. The largest absolute Gasteiger partial charge is 0.322 e. The van der Waals surface area contributed by atoms with Crippen LogP contribution in [0.1, 0.15) is 18.0 Å². The SMILES string of the molecule is O=C1C2=CNNN2CCC1C1c2ccccc2-c2cncn21. The number of nitrogens with one attached hydrogen (secondary N) is 2. The summed E-state index contributed by atoms with van der Waals surface area (Å²) < 4.78 is 2.15. The number of carbonyl (C=O) groups is 1. The van der Waals surface area contributed by atoms with Gasteiger partial charge in [-0.25, -0.2) is 4.98 Å². The zero-order valence-electron chi connectivity index (χ0n) is 11.9. The second-order valence-electron chi connectivity index (χ2n) is 5.92. The minimum absolute atomic E-state index is 0.0462. The predicted molar refractivity (Wildman–Crippen MR) is 80.0 cm³/mol. The van der Waals surface area contributed by atoms with E-state index in [9.17, 15) is 4.79 Å². The van der Waals surface area contributed by atoms with Crippen LogP contribution in [0.3, 0.4) is 0 Å². The standard InChI is InChI=1S/C16H15N5O/c22-16-12(5-6-21-14(16)8-18-19-21)15-11-4-2-1-3-10(11)13-7-17-9-20(13)15/h1-4,7-9,12,15,18-19H,5-6H2. The Bertz CT molecular complexity index is 808. The molecule has 0 spiro atoms. The Morgan fingerprint density at radius 1 is 1.27 bits per heavy atom. The molecule has 22 heavy (non-hydrogen) atoms. The first-order valence-electron chi connectivity index (χ1n) is 7.49. The number of Topliss-reactive ketones (excluding diaryl/α,β-unsaturated/α-hetero) is 1. The van der Waals surface area contributed by atoms with Gasteiger partial charge >= 0.3 is 0 Å². The van der Waals surface area contributed by atoms with Crippen LogP contribution >= 0.6 is 0 Å². The number of hydrogen-bond acceptors (Lipinski definition) is 5. The van der Waals surface area contributed by atoms with E-state index in [1.54, 1.807) is 6.20 Å². The molecule has 2 unspecified atom stereocenters. The highest BCUT2D eigenvalue weighted by Crippen LogP contribution is 2.45. The molecule has 0 aliphatic carbocycles. The van der Waals surface area contributed by atoms with Crippen molar-refractivity contribution < 1.29 is 4.79 Å². The van der Waals surface area contributed by atoms with Gasteiger partial charge in [0.05, 0.1) is 30.2 Å². The topological polar surface area (TPSA) is 62.2 Å². The van der Waals surface area contributed by atoms with Crippen molar-refractivity contribution in [2.45, 2.75) is 12.5 Å². The number of aromatic nitrogens is 2. The van der Waals surface area contributed by atoms with Crippen LogP contribution in [0.25, 0.3) is 11.3 Å². The summed E-state index contributed by atoms with van der Waals surface area (Å²) in [5.74, 6) is 0.130. The van der Waals surface area contributed by atoms with Gasteiger partial charge in [0, 0.05) is 18.3 Å². The third-order valence-electron chi connectivity index (χ3n) is 4.85. The van der Waals surface area contributed by atoms with Crippen LogP contribution in [-0.2, 0) is 4.79 Å². The molecule has 0 saturated carbocycles. The summed E-state index contributed by atoms with van der Waals surface area (Å²) >= 11 is 0. The average Bonchev–Trinajstić information content (AvgIpc) is 3.23. The van der Waals surface area contributed by atoms with E-state index in [-0.39, 0.29) is 17.7 Å². The van der Waals surface area contributed by atoms with Crippen molar-refractivity contribution in [2.24, 2.45) is 5.92 Å². The normalized spacial score (nSPS) is 25.4. The third-order valence-corrected chi connectivity index (χ3v) is 4.85. The first kappa shape index (κ1) is 12.0. The molecule has 1 aromatic carbocycles. The van der Waals surface area contributed by atoms with E-state index in [0.29, 0.717) is 0 Å². The minimum Gasteiger partial charge on any atom is -0.322 e. The number of ketones is 1. The van der Waals surface area contributed by atoms with Gasteiger partial charge in [-0.1, -0.05) is 24.3 Å². The van der Waals surface area contributed by atoms with E-state index in [2.05, 4.69) is 32.6 Å². The van der Waals surface area contributed by atoms with Crippen LogP contribution in [0.5, 0.6) is 0 Å². The Morgan fingerprint density at radius 3 is 3.14 bits per heavy atom. The molecule has 1 fully saturated rings. The van der Waals surface area contributed by atoms with Gasteiger partial charge in [-0.15, -0.1) is 5.53 Å². The fourth-order valence-corrected chi connectivity index (χ4v) is 3.87. The summed E-state index contributed by atoms with van der Waals surface area (Å²) in [6.07, 6.45) is 6.31. The fourth-order valence-electron chi connectivity index (χ4n) is 3.87. The van der Waals surface area contributed by atoms with E-state index in [0.717, 1.165) is 24.4 Å². The van der Waals surface area contributed by atoms with Gasteiger partial charge in [0.15, 0.2) is 5.78 Å². The molecule has 4 heterocycles. The molecule has 0 radical (unpaired) electrons. The van der Waals surface area contributed by atoms with E-state index in [1.165, 1.54) is 11.1 Å². The van der Waals surface area contributed by atoms with Crippen molar-refractivity contribution in [3.8, 4) is 11.3 Å². The number of imidazole rings is 1. The molecule has 0 amide bonds. The predicted octanol–water partition coefficient (Wildman–Crippen LogP) is 1.21. The Kier molecular flexibility index (Phi) is 2.29. The van der Waals surface area contributed by atoms with Gasteiger partial charge < -0.3 is 9.99 Å². The van der Waals surface area contributed by atoms with Gasteiger partial charge in [-0.05, 0) is 12.0 Å². The second kappa shape index (κ2) is 4.20. The molecule has 1 aromatic heterocycles. The Labute approximate surface area is 127 Å². The molecular weight excluding hydrogens is 278 g/mol. The van der Waals surface area contributed by atoms with Crippen molar-refractivity contribution in [2.75, 3.05) is 6.54 Å². The lowest BCUT2D eigenvalue weighted by molar-refractivity contribution is -0.124. The number of piperidine rings is 1. The average molecular weight is 293 g/mol. The summed E-state index contributed by atoms with van der Waals surface area (Å²) in [5.41, 5.74) is 10.1. The van der Waals surface area contributed by atoms with Crippen LogP contribution in [0, 0.1) is 5.92 Å². The lowest BCUT2D eigenvalue weighted by Crippen LogP contribution is -2.46. The molecule has 6 heteroatoms. The lowest BCUT2D eigenvalue weighted by Gasteiger charge is -2.33. The number of rotatable bonds is 1. The van der Waals surface area contributed by atoms with Gasteiger partial charge in [0.25, 0.3) is 0 Å². The van der Waals surface area contributed by atoms with Gasteiger partial charge in [0.1, 0.15) is 5.70 Å². The van der Waals surface area contributed by atoms with Crippen molar-refractivity contribution in [1.82, 2.24) is 25.5 Å². The molecule has 2 atom stereocenters. The maximum atomic E-state index is 12.9. The lowest BCUT2D eigenvalue weighted by atomic mass is 9.83. The Morgan fingerprint density at radius 2 is 2.18 bits per heavy atom. The van der Waals surface area contributed by atoms with Crippen LogP contribution in [0.2, 0.25) is 0 Å². The molecule has 2 aromatic rings. The van der Waals surface area contributed by atoms with E-state index in [4.69, 9.17) is 0 Å². The zero-order valence-corrected chi connectivity index (χ0v) is 11.9. The second-order valence-corrected chi connectivity index (χ2v) is 5.92. The van der Waals surface area contributed by atoms with Crippen molar-refractivity contribution in [3.05, 3.63) is 54.3 Å². The number of allylic oxidation sites excluding steroid dienone is 1. The van der Waals surface area contributed by atoms with Crippen LogP contribution in [-0.4, -0.2) is 26.9 Å². The van der Waals surface area contributed by atoms with Crippen molar-refractivity contribution in [1.29, 1.82) is 0 Å². The molecule has 3 aliphatic rings. The van der Waals surface area contributed by atoms with Crippen LogP contribution < -0.4 is 11.0 Å². The monoisotopic (exact) mass is 293 g/mol. The maximum Gasteiger partial charge on any atom is 0.187 e. The quantitative estimate of drug-likeness (QED) is 0.827. The number of hydrogen-bond donors (Lipinski definition) is 2. The molecule has 0 bridgehead atoms. The molecule has 5 rings (SSSR count). The Balaban J connectivity index is 1.63. The first-order valence-corrected chi connectivity index (χ1v) is 7.49. The number of fused-ring (bicyclic) bond motifs is 4. The van der Waals surface area contributed by atoms with Crippen molar-refractivity contribution >= 4 is 5.78 Å². The summed E-state index contributed by atoms with van der Waals surface area (Å²) in [6.45, 7) is 0.817. The van der Waals surface area contributed by atoms with E-state index < -0.39 is 0 Å². The fraction of sp³-hybridized carbons (Fsp3) is 0.250. The number of hydrazine groups is 2. The smallest absolute Gasteiger partial charge is 0.187 e. The minimum atomic E-state index is -0.0548. The van der Waals surface area contributed by atoms with E-state index >= 15 is 0 Å². The van der Waals surface area contributed by atoms with Crippen molar-refractivity contribution in [3.63, 3.8) is 0 Å². The number of carbonyl (C=O) groups excluding carboxylic acids is 1. The summed E-state index contributed by atoms with van der Waals surface area (Å²) in [6, 6.07) is 8.37.